The number of hydrogen-bond donors (Lipinski definition) is 2. The van der Waals surface area contributed by atoms with Gasteiger partial charge in [0.1, 0.15) is 0 Å². The van der Waals surface area contributed by atoms with Gasteiger partial charge in [-0.2, -0.15) is 0 Å². The number of aromatic hydroxyl groups is 1. The lowest BCUT2D eigenvalue weighted by atomic mass is 9.87. The second-order valence-corrected chi connectivity index (χ2v) is 7.70. The Morgan fingerprint density at radius 2 is 1.77 bits per heavy atom. The standard InChI is InChI=1S/C23H22F3NO4/c1-4-11(2)9-14(23(30)31)19-12(3)27(17-7-8-18(28)21(26)20(17)19)22(29)13-5-6-15(24)16(25)10-13/h5-8,10-11,14,28H,4,9H2,1-3H3,(H,30,31)/t11?,14-/m1/s1. The van der Waals surface area contributed by atoms with Crippen molar-refractivity contribution in [2.75, 3.05) is 0 Å². The second kappa shape index (κ2) is 8.45. The molecule has 0 amide bonds. The van der Waals surface area contributed by atoms with E-state index in [0.29, 0.717) is 6.42 Å². The van der Waals surface area contributed by atoms with E-state index in [2.05, 4.69) is 0 Å². The Labute approximate surface area is 176 Å². The number of phenols is 1. The fraction of sp³-hybridized carbons (Fsp3) is 0.304. The molecule has 0 aliphatic carbocycles. The second-order valence-electron chi connectivity index (χ2n) is 7.70. The number of hydrogen-bond acceptors (Lipinski definition) is 3. The molecule has 1 aromatic heterocycles. The maximum Gasteiger partial charge on any atom is 0.311 e. The van der Waals surface area contributed by atoms with Gasteiger partial charge in [-0.15, -0.1) is 0 Å². The monoisotopic (exact) mass is 433 g/mol. The first kappa shape index (κ1) is 22.4. The molecule has 8 heteroatoms. The first-order chi connectivity index (χ1) is 14.6. The van der Waals surface area contributed by atoms with Crippen molar-refractivity contribution in [2.24, 2.45) is 5.92 Å². The third kappa shape index (κ3) is 3.89. The summed E-state index contributed by atoms with van der Waals surface area (Å²) in [6.07, 6.45) is 0.892. The number of carbonyl (C=O) groups excluding carboxylic acids is 1. The lowest BCUT2D eigenvalue weighted by Gasteiger charge is -2.18. The number of phenolic OH excluding ortho intramolecular Hbond substituents is 1. The highest BCUT2D eigenvalue weighted by molar-refractivity contribution is 6.05. The Kier molecular flexibility index (Phi) is 6.10. The van der Waals surface area contributed by atoms with E-state index in [1.54, 1.807) is 0 Å². The molecule has 31 heavy (non-hydrogen) atoms. The maximum atomic E-state index is 15.0. The Balaban J connectivity index is 2.32. The molecule has 0 spiro atoms. The maximum absolute atomic E-state index is 15.0. The molecule has 164 valence electrons. The highest BCUT2D eigenvalue weighted by Gasteiger charge is 2.32. The molecule has 0 aliphatic rings. The Morgan fingerprint density at radius 1 is 1.10 bits per heavy atom. The van der Waals surface area contributed by atoms with Crippen LogP contribution in [-0.2, 0) is 4.79 Å². The zero-order valence-electron chi connectivity index (χ0n) is 17.2. The highest BCUT2D eigenvalue weighted by Crippen LogP contribution is 2.39. The van der Waals surface area contributed by atoms with Crippen molar-refractivity contribution in [3.8, 4) is 5.75 Å². The summed E-state index contributed by atoms with van der Waals surface area (Å²) in [6.45, 7) is 5.24. The largest absolute Gasteiger partial charge is 0.505 e. The topological polar surface area (TPSA) is 79.5 Å². The van der Waals surface area contributed by atoms with Crippen molar-refractivity contribution >= 4 is 22.8 Å². The number of carbonyl (C=O) groups is 2. The quantitative estimate of drug-likeness (QED) is 0.548. The third-order valence-electron chi connectivity index (χ3n) is 5.69. The lowest BCUT2D eigenvalue weighted by molar-refractivity contribution is -0.139. The van der Waals surface area contributed by atoms with Crippen LogP contribution < -0.4 is 0 Å². The zero-order valence-corrected chi connectivity index (χ0v) is 17.2. The van der Waals surface area contributed by atoms with Crippen LogP contribution in [0.1, 0.15) is 54.2 Å². The van der Waals surface area contributed by atoms with E-state index < -0.39 is 41.0 Å². The zero-order chi connectivity index (χ0) is 23.0. The van der Waals surface area contributed by atoms with Crippen molar-refractivity contribution in [3.05, 3.63) is 64.6 Å². The van der Waals surface area contributed by atoms with Crippen LogP contribution in [0.4, 0.5) is 13.2 Å². The number of halogens is 3. The SMILES string of the molecule is CCC(C)C[C@@H](C(=O)O)c1c(C)n(C(=O)c2ccc(F)c(F)c2)c2ccc(O)c(F)c12. The van der Waals surface area contributed by atoms with Crippen LogP contribution >= 0.6 is 0 Å². The van der Waals surface area contributed by atoms with Crippen molar-refractivity contribution in [3.63, 3.8) is 0 Å². The number of carboxylic acid groups (broad SMARTS) is 1. The van der Waals surface area contributed by atoms with Crippen molar-refractivity contribution in [2.45, 2.75) is 39.5 Å². The van der Waals surface area contributed by atoms with Crippen molar-refractivity contribution in [1.29, 1.82) is 0 Å². The number of benzene rings is 2. The smallest absolute Gasteiger partial charge is 0.311 e. The molecule has 0 saturated heterocycles. The number of carboxylic acids is 1. The molecule has 2 atom stereocenters. The van der Waals surface area contributed by atoms with E-state index in [4.69, 9.17) is 0 Å². The van der Waals surface area contributed by atoms with Crippen LogP contribution in [0.15, 0.2) is 30.3 Å². The summed E-state index contributed by atoms with van der Waals surface area (Å²) >= 11 is 0. The number of fused-ring (bicyclic) bond motifs is 1. The summed E-state index contributed by atoms with van der Waals surface area (Å²) in [5, 5.41) is 19.6. The van der Waals surface area contributed by atoms with Gasteiger partial charge in [0.15, 0.2) is 23.2 Å². The molecule has 3 aromatic rings. The van der Waals surface area contributed by atoms with Crippen LogP contribution in [0.3, 0.4) is 0 Å². The van der Waals surface area contributed by atoms with E-state index in [-0.39, 0.29) is 40.1 Å². The van der Waals surface area contributed by atoms with Gasteiger partial charge in [0.2, 0.25) is 0 Å². The van der Waals surface area contributed by atoms with Crippen LogP contribution in [0, 0.1) is 30.3 Å². The van der Waals surface area contributed by atoms with Gasteiger partial charge in [-0.3, -0.25) is 14.2 Å². The molecule has 0 saturated carbocycles. The normalized spacial score (nSPS) is 13.4. The van der Waals surface area contributed by atoms with Gasteiger partial charge in [-0.25, -0.2) is 13.2 Å². The Morgan fingerprint density at radius 3 is 2.35 bits per heavy atom. The van der Waals surface area contributed by atoms with Gasteiger partial charge in [-0.1, -0.05) is 20.3 Å². The van der Waals surface area contributed by atoms with E-state index in [0.717, 1.165) is 28.8 Å². The van der Waals surface area contributed by atoms with Crippen molar-refractivity contribution < 1.29 is 33.0 Å². The Bertz CT molecular complexity index is 1190. The number of rotatable bonds is 6. The van der Waals surface area contributed by atoms with E-state index in [1.165, 1.54) is 13.0 Å². The van der Waals surface area contributed by atoms with Crippen LogP contribution in [-0.4, -0.2) is 26.7 Å². The van der Waals surface area contributed by atoms with Gasteiger partial charge < -0.3 is 10.2 Å². The minimum Gasteiger partial charge on any atom is -0.505 e. The molecule has 1 unspecified atom stereocenters. The predicted octanol–water partition coefficient (Wildman–Crippen LogP) is 5.37. The summed E-state index contributed by atoms with van der Waals surface area (Å²) in [4.78, 5) is 25.3. The van der Waals surface area contributed by atoms with Gasteiger partial charge in [-0.05, 0) is 55.2 Å². The summed E-state index contributed by atoms with van der Waals surface area (Å²) in [6, 6.07) is 4.98. The van der Waals surface area contributed by atoms with Gasteiger partial charge >= 0.3 is 5.97 Å². The number of nitrogens with zero attached hydrogens (tertiary/aromatic N) is 1. The van der Waals surface area contributed by atoms with Crippen LogP contribution in [0.25, 0.3) is 10.9 Å². The molecule has 0 aliphatic heterocycles. The van der Waals surface area contributed by atoms with E-state index in [9.17, 15) is 28.6 Å². The molecule has 0 fully saturated rings. The molecule has 1 heterocycles. The van der Waals surface area contributed by atoms with Gasteiger partial charge in [0, 0.05) is 16.6 Å². The summed E-state index contributed by atoms with van der Waals surface area (Å²) in [5.74, 6) is -7.16. The minimum atomic E-state index is -1.22. The minimum absolute atomic E-state index is 0.00108. The van der Waals surface area contributed by atoms with Gasteiger partial charge in [0.25, 0.3) is 5.91 Å². The highest BCUT2D eigenvalue weighted by atomic mass is 19.2. The van der Waals surface area contributed by atoms with Crippen LogP contribution in [0.2, 0.25) is 0 Å². The molecule has 2 aromatic carbocycles. The summed E-state index contributed by atoms with van der Waals surface area (Å²) in [5.41, 5.74) is 0.0812. The molecule has 0 bridgehead atoms. The number of aromatic nitrogens is 1. The fourth-order valence-electron chi connectivity index (χ4n) is 3.84. The average Bonchev–Trinajstić information content (AvgIpc) is 3.02. The summed E-state index contributed by atoms with van der Waals surface area (Å²) < 4.78 is 43.1. The van der Waals surface area contributed by atoms with E-state index >= 15 is 4.39 Å². The average molecular weight is 433 g/mol. The molecular formula is C23H22F3NO4. The fourth-order valence-corrected chi connectivity index (χ4v) is 3.84. The Hall–Kier alpha value is -3.29. The molecule has 2 N–H and O–H groups in total. The third-order valence-corrected chi connectivity index (χ3v) is 5.69. The summed E-state index contributed by atoms with van der Waals surface area (Å²) in [7, 11) is 0. The number of aliphatic carboxylic acids is 1. The van der Waals surface area contributed by atoms with Crippen LogP contribution in [0.5, 0.6) is 5.75 Å². The molecule has 5 nitrogen and oxygen atoms in total. The first-order valence-corrected chi connectivity index (χ1v) is 9.83. The van der Waals surface area contributed by atoms with Crippen molar-refractivity contribution in [1.82, 2.24) is 4.57 Å². The lowest BCUT2D eigenvalue weighted by Crippen LogP contribution is -2.18. The molecule has 3 rings (SSSR count). The molecule has 0 radical (unpaired) electrons. The predicted molar refractivity (Wildman–Crippen MR) is 109 cm³/mol. The van der Waals surface area contributed by atoms with Gasteiger partial charge in [0.05, 0.1) is 11.4 Å². The first-order valence-electron chi connectivity index (χ1n) is 9.83. The molecular weight excluding hydrogens is 411 g/mol. The van der Waals surface area contributed by atoms with E-state index in [1.807, 2.05) is 13.8 Å².